The molecule has 0 saturated heterocycles. The third-order valence-electron chi connectivity index (χ3n) is 1.78. The number of aromatic nitrogens is 4. The van der Waals surface area contributed by atoms with Crippen molar-refractivity contribution < 1.29 is 18.3 Å². The average Bonchev–Trinajstić information content (AvgIpc) is 2.59. The lowest BCUT2D eigenvalue weighted by Crippen LogP contribution is -2.08. The Morgan fingerprint density at radius 3 is 2.62 bits per heavy atom. The maximum absolute atomic E-state index is 12.3. The third-order valence-corrected chi connectivity index (χ3v) is 1.99. The molecule has 0 aliphatic rings. The molecule has 0 atom stereocenters. The van der Waals surface area contributed by atoms with Crippen LogP contribution in [-0.4, -0.2) is 24.7 Å². The molecule has 0 aliphatic heterocycles. The van der Waals surface area contributed by atoms with Crippen LogP contribution in [0.5, 0.6) is 0 Å². The van der Waals surface area contributed by atoms with Gasteiger partial charge in [0.25, 0.3) is 11.6 Å². The molecule has 0 bridgehead atoms. The summed E-state index contributed by atoms with van der Waals surface area (Å²) in [7, 11) is 0. The maximum atomic E-state index is 12.3. The smallest absolute Gasteiger partial charge is 0.390 e. The van der Waals surface area contributed by atoms with E-state index in [-0.39, 0.29) is 16.5 Å². The van der Waals surface area contributed by atoms with Crippen LogP contribution in [0.25, 0.3) is 5.78 Å². The van der Waals surface area contributed by atoms with E-state index in [2.05, 4.69) is 15.1 Å². The Bertz CT molecular complexity index is 538. The highest BCUT2D eigenvalue weighted by atomic mass is 32.1. The van der Waals surface area contributed by atoms with Gasteiger partial charge in [-0.15, -0.1) is 5.10 Å². The summed E-state index contributed by atoms with van der Waals surface area (Å²) in [5.41, 5.74) is 0.109. The molecular formula is C7H4F3N4OS. The second-order valence-electron chi connectivity index (χ2n) is 2.89. The topological polar surface area (TPSA) is 63.3 Å². The van der Waals surface area contributed by atoms with Gasteiger partial charge in [-0.3, -0.25) is 0 Å². The molecule has 2 aromatic rings. The van der Waals surface area contributed by atoms with E-state index in [4.69, 9.17) is 17.7 Å². The first-order valence-corrected chi connectivity index (χ1v) is 4.44. The number of aliphatic hydroxyl groups is 1. The Hall–Kier alpha value is -1.48. The van der Waals surface area contributed by atoms with Crippen molar-refractivity contribution in [3.8, 4) is 0 Å². The van der Waals surface area contributed by atoms with E-state index >= 15 is 0 Å². The van der Waals surface area contributed by atoms with Crippen LogP contribution in [0.3, 0.4) is 0 Å². The van der Waals surface area contributed by atoms with Gasteiger partial charge in [0.05, 0.1) is 12.3 Å². The summed E-state index contributed by atoms with van der Waals surface area (Å²) in [6.45, 7) is -0.497. The molecule has 0 spiro atoms. The van der Waals surface area contributed by atoms with Gasteiger partial charge < -0.3 is 5.11 Å². The molecule has 16 heavy (non-hydrogen) atoms. The highest BCUT2D eigenvalue weighted by Crippen LogP contribution is 2.26. The molecule has 0 aromatic carbocycles. The van der Waals surface area contributed by atoms with Gasteiger partial charge >= 0.3 is 6.18 Å². The summed E-state index contributed by atoms with van der Waals surface area (Å²) < 4.78 is 37.7. The number of aliphatic hydroxyl groups excluding tert-OH is 1. The summed E-state index contributed by atoms with van der Waals surface area (Å²) in [6.07, 6.45) is -4.65. The van der Waals surface area contributed by atoms with Crippen molar-refractivity contribution in [2.75, 3.05) is 0 Å². The number of rotatable bonds is 1. The van der Waals surface area contributed by atoms with E-state index in [0.29, 0.717) is 0 Å². The molecule has 0 aliphatic carbocycles. The van der Waals surface area contributed by atoms with Crippen molar-refractivity contribution in [2.45, 2.75) is 17.8 Å². The zero-order valence-corrected chi connectivity index (χ0v) is 8.38. The Kier molecular flexibility index (Phi) is 2.43. The number of alkyl halides is 3. The molecule has 0 unspecified atom stereocenters. The Balaban J connectivity index is 2.70. The lowest BCUT2D eigenvalue weighted by Gasteiger charge is -1.99. The monoisotopic (exact) mass is 249 g/mol. The fraction of sp³-hybridized carbons (Fsp3) is 0.286. The van der Waals surface area contributed by atoms with Gasteiger partial charge in [-0.2, -0.15) is 27.7 Å². The van der Waals surface area contributed by atoms with Gasteiger partial charge in [0.15, 0.2) is 0 Å². The van der Waals surface area contributed by atoms with Crippen molar-refractivity contribution in [1.82, 2.24) is 19.6 Å². The number of hydrogen-bond acceptors (Lipinski definition) is 4. The first-order valence-electron chi connectivity index (χ1n) is 4.03. The van der Waals surface area contributed by atoms with Crippen LogP contribution in [0.4, 0.5) is 13.2 Å². The van der Waals surface area contributed by atoms with Crippen molar-refractivity contribution in [2.24, 2.45) is 0 Å². The Morgan fingerprint density at radius 1 is 1.38 bits per heavy atom. The van der Waals surface area contributed by atoms with E-state index < -0.39 is 18.6 Å². The summed E-state index contributed by atoms with van der Waals surface area (Å²) in [5.74, 6) is -1.58. The molecule has 0 saturated carbocycles. The summed E-state index contributed by atoms with van der Waals surface area (Å²) in [5, 5.41) is 12.2. The SMILES string of the molecule is OCc1cc([S])nc2nc(C(F)(F)F)nn12. The minimum Gasteiger partial charge on any atom is -0.390 e. The third kappa shape index (κ3) is 1.78. The molecule has 5 nitrogen and oxygen atoms in total. The fourth-order valence-electron chi connectivity index (χ4n) is 1.14. The van der Waals surface area contributed by atoms with E-state index in [1.165, 1.54) is 6.07 Å². The van der Waals surface area contributed by atoms with Gasteiger partial charge in [0.1, 0.15) is 5.03 Å². The molecule has 0 amide bonds. The minimum atomic E-state index is -4.65. The van der Waals surface area contributed by atoms with Gasteiger partial charge in [0.2, 0.25) is 0 Å². The predicted octanol–water partition coefficient (Wildman–Crippen LogP) is 1.19. The Morgan fingerprint density at radius 2 is 2.06 bits per heavy atom. The van der Waals surface area contributed by atoms with Crippen LogP contribution < -0.4 is 0 Å². The summed E-state index contributed by atoms with van der Waals surface area (Å²) >= 11 is 4.71. The van der Waals surface area contributed by atoms with Gasteiger partial charge in [-0.1, -0.05) is 12.6 Å². The Labute approximate surface area is 92.4 Å². The molecular weight excluding hydrogens is 245 g/mol. The van der Waals surface area contributed by atoms with Gasteiger partial charge in [-0.05, 0) is 6.07 Å². The van der Waals surface area contributed by atoms with E-state index in [0.717, 1.165) is 4.52 Å². The number of fused-ring (bicyclic) bond motifs is 1. The van der Waals surface area contributed by atoms with Gasteiger partial charge in [0, 0.05) is 0 Å². The van der Waals surface area contributed by atoms with Gasteiger partial charge in [-0.25, -0.2) is 0 Å². The summed E-state index contributed by atoms with van der Waals surface area (Å²) in [6, 6.07) is 1.26. The molecule has 2 aromatic heterocycles. The summed E-state index contributed by atoms with van der Waals surface area (Å²) in [4.78, 5) is 6.80. The van der Waals surface area contributed by atoms with Crippen LogP contribution in [-0.2, 0) is 12.8 Å². The predicted molar refractivity (Wildman–Crippen MR) is 47.6 cm³/mol. The van der Waals surface area contributed by atoms with Crippen molar-refractivity contribution >= 4 is 18.4 Å². The molecule has 85 valence electrons. The maximum Gasteiger partial charge on any atom is 0.453 e. The highest BCUT2D eigenvalue weighted by Gasteiger charge is 2.36. The van der Waals surface area contributed by atoms with Crippen LogP contribution >= 0.6 is 12.6 Å². The lowest BCUT2D eigenvalue weighted by atomic mass is 10.4. The first-order chi connectivity index (χ1) is 7.41. The fourth-order valence-corrected chi connectivity index (χ4v) is 1.35. The highest BCUT2D eigenvalue weighted by molar-refractivity contribution is 7.80. The first kappa shape index (κ1) is 11.0. The zero-order valence-electron chi connectivity index (χ0n) is 7.56. The van der Waals surface area contributed by atoms with Crippen molar-refractivity contribution in [1.29, 1.82) is 0 Å². The number of halogens is 3. The molecule has 2 heterocycles. The largest absolute Gasteiger partial charge is 0.453 e. The molecule has 9 heteroatoms. The van der Waals surface area contributed by atoms with Crippen LogP contribution in [0.2, 0.25) is 0 Å². The number of nitrogens with zero attached hydrogens (tertiary/aromatic N) is 4. The number of hydrogen-bond donors (Lipinski definition) is 1. The van der Waals surface area contributed by atoms with Crippen LogP contribution in [0.1, 0.15) is 11.5 Å². The van der Waals surface area contributed by atoms with E-state index in [9.17, 15) is 13.2 Å². The molecule has 1 N–H and O–H groups in total. The standard InChI is InChI=1S/C7H4F3N4OS/c8-7(9,10)5-12-6-11-4(16)1-3(2-15)14(6)13-5/h1,15H,2H2. The molecule has 1 radical (unpaired) electrons. The normalized spacial score (nSPS) is 12.2. The minimum absolute atomic E-state index is 0.0534. The van der Waals surface area contributed by atoms with Crippen molar-refractivity contribution in [3.63, 3.8) is 0 Å². The molecule has 0 fully saturated rings. The lowest BCUT2D eigenvalue weighted by molar-refractivity contribution is -0.144. The quantitative estimate of drug-likeness (QED) is 0.771. The van der Waals surface area contributed by atoms with E-state index in [1.807, 2.05) is 0 Å². The van der Waals surface area contributed by atoms with E-state index in [1.54, 1.807) is 0 Å². The van der Waals surface area contributed by atoms with Crippen LogP contribution in [0, 0.1) is 0 Å². The second kappa shape index (κ2) is 3.52. The zero-order chi connectivity index (χ0) is 11.9. The molecule has 2 rings (SSSR count). The second-order valence-corrected chi connectivity index (χ2v) is 3.31. The average molecular weight is 249 g/mol. The van der Waals surface area contributed by atoms with Crippen LogP contribution in [0.15, 0.2) is 11.1 Å². The van der Waals surface area contributed by atoms with Crippen molar-refractivity contribution in [3.05, 3.63) is 17.6 Å².